The molecule has 0 bridgehead atoms. The molecule has 1 amide bonds. The first-order valence-electron chi connectivity index (χ1n) is 7.08. The molecule has 0 N–H and O–H groups in total. The van der Waals surface area contributed by atoms with Crippen LogP contribution in [0.2, 0.25) is 5.02 Å². The number of aryl methyl sites for hydroxylation is 1. The molecular weight excluding hydrogens is 366 g/mol. The van der Waals surface area contributed by atoms with Crippen molar-refractivity contribution >= 4 is 44.7 Å². The standard InChI is InChI=1S/C16H12ClN3O4S/c1-19-14-12(24-2)4-3-5-13(14)25-16(19)18-15(21)10-8-9(17)6-7-11(10)20(22)23/h3-8H,1-2H3. The molecule has 0 radical (unpaired) electrons. The van der Waals surface area contributed by atoms with E-state index in [1.54, 1.807) is 18.7 Å². The summed E-state index contributed by atoms with van der Waals surface area (Å²) in [5.41, 5.74) is 0.309. The third kappa shape index (κ3) is 3.13. The Hall–Kier alpha value is -2.71. The van der Waals surface area contributed by atoms with E-state index in [0.29, 0.717) is 10.6 Å². The number of hydrogen-bond donors (Lipinski definition) is 0. The molecule has 7 nitrogen and oxygen atoms in total. The average Bonchev–Trinajstić information content (AvgIpc) is 2.90. The minimum atomic E-state index is -0.727. The first kappa shape index (κ1) is 17.1. The fourth-order valence-corrected chi connectivity index (χ4v) is 3.63. The largest absolute Gasteiger partial charge is 0.495 e. The number of nitro groups is 1. The zero-order valence-corrected chi connectivity index (χ0v) is 14.8. The van der Waals surface area contributed by atoms with Crippen molar-refractivity contribution in [1.82, 2.24) is 4.57 Å². The number of amides is 1. The van der Waals surface area contributed by atoms with Crippen LogP contribution in [0.25, 0.3) is 10.2 Å². The maximum Gasteiger partial charge on any atom is 0.286 e. The Labute approximate surface area is 150 Å². The molecule has 0 aliphatic carbocycles. The van der Waals surface area contributed by atoms with E-state index in [2.05, 4.69) is 4.99 Å². The lowest BCUT2D eigenvalue weighted by atomic mass is 10.2. The number of methoxy groups -OCH3 is 1. The lowest BCUT2D eigenvalue weighted by Crippen LogP contribution is -2.14. The van der Waals surface area contributed by atoms with Crippen molar-refractivity contribution in [2.75, 3.05) is 7.11 Å². The van der Waals surface area contributed by atoms with Gasteiger partial charge in [-0.15, -0.1) is 0 Å². The highest BCUT2D eigenvalue weighted by Crippen LogP contribution is 2.27. The predicted molar refractivity (Wildman–Crippen MR) is 95.3 cm³/mol. The SMILES string of the molecule is COc1cccc2sc(=NC(=O)c3cc(Cl)ccc3[N+](=O)[O-])n(C)c12. The van der Waals surface area contributed by atoms with Gasteiger partial charge in [0, 0.05) is 18.1 Å². The fraction of sp³-hybridized carbons (Fsp3) is 0.125. The first-order chi connectivity index (χ1) is 11.9. The maximum absolute atomic E-state index is 12.5. The third-order valence-electron chi connectivity index (χ3n) is 3.59. The molecule has 0 saturated carbocycles. The van der Waals surface area contributed by atoms with E-state index >= 15 is 0 Å². The number of thiazole rings is 1. The van der Waals surface area contributed by atoms with E-state index < -0.39 is 10.8 Å². The molecule has 0 aliphatic rings. The number of nitro benzene ring substituents is 1. The summed E-state index contributed by atoms with van der Waals surface area (Å²) in [6.07, 6.45) is 0. The highest BCUT2D eigenvalue weighted by atomic mass is 35.5. The van der Waals surface area contributed by atoms with Crippen molar-refractivity contribution in [2.24, 2.45) is 12.0 Å². The van der Waals surface area contributed by atoms with Crippen LogP contribution in [0.4, 0.5) is 5.69 Å². The summed E-state index contributed by atoms with van der Waals surface area (Å²) >= 11 is 7.16. The van der Waals surface area contributed by atoms with Crippen molar-refractivity contribution in [1.29, 1.82) is 0 Å². The van der Waals surface area contributed by atoms with Crippen molar-refractivity contribution in [3.63, 3.8) is 0 Å². The predicted octanol–water partition coefficient (Wildman–Crippen LogP) is 3.55. The molecule has 3 aromatic rings. The van der Waals surface area contributed by atoms with Gasteiger partial charge in [0.25, 0.3) is 11.6 Å². The third-order valence-corrected chi connectivity index (χ3v) is 4.92. The van der Waals surface area contributed by atoms with E-state index in [9.17, 15) is 14.9 Å². The summed E-state index contributed by atoms with van der Waals surface area (Å²) < 4.78 is 7.93. The smallest absolute Gasteiger partial charge is 0.286 e. The van der Waals surface area contributed by atoms with E-state index in [-0.39, 0.29) is 16.3 Å². The number of halogens is 1. The van der Waals surface area contributed by atoms with E-state index in [4.69, 9.17) is 16.3 Å². The number of nitrogens with zero attached hydrogens (tertiary/aromatic N) is 3. The molecule has 0 fully saturated rings. The number of hydrogen-bond acceptors (Lipinski definition) is 5. The number of benzene rings is 2. The highest BCUT2D eigenvalue weighted by molar-refractivity contribution is 7.16. The van der Waals surface area contributed by atoms with Crippen molar-refractivity contribution in [3.8, 4) is 5.75 Å². The molecule has 128 valence electrons. The van der Waals surface area contributed by atoms with Crippen LogP contribution < -0.4 is 9.54 Å². The Kier molecular flexibility index (Phi) is 4.56. The molecule has 3 rings (SSSR count). The van der Waals surface area contributed by atoms with Crippen LogP contribution in [-0.4, -0.2) is 22.5 Å². The van der Waals surface area contributed by atoms with Gasteiger partial charge in [0.05, 0.1) is 16.7 Å². The second-order valence-corrected chi connectivity index (χ2v) is 6.53. The van der Waals surface area contributed by atoms with Gasteiger partial charge in [0.2, 0.25) is 0 Å². The van der Waals surface area contributed by atoms with Gasteiger partial charge in [-0.1, -0.05) is 29.0 Å². The van der Waals surface area contributed by atoms with Crippen LogP contribution in [0.5, 0.6) is 5.75 Å². The van der Waals surface area contributed by atoms with Crippen LogP contribution in [0.1, 0.15) is 10.4 Å². The van der Waals surface area contributed by atoms with Crippen LogP contribution in [0, 0.1) is 10.1 Å². The number of ether oxygens (including phenoxy) is 1. The highest BCUT2D eigenvalue weighted by Gasteiger charge is 2.20. The van der Waals surface area contributed by atoms with Gasteiger partial charge >= 0.3 is 0 Å². The Morgan fingerprint density at radius 3 is 2.80 bits per heavy atom. The van der Waals surface area contributed by atoms with Crippen LogP contribution in [0.3, 0.4) is 0 Å². The summed E-state index contributed by atoms with van der Waals surface area (Å²) in [5, 5.41) is 11.4. The van der Waals surface area contributed by atoms with Gasteiger partial charge in [-0.3, -0.25) is 14.9 Å². The second-order valence-electron chi connectivity index (χ2n) is 5.09. The topological polar surface area (TPSA) is 86.7 Å². The summed E-state index contributed by atoms with van der Waals surface area (Å²) in [6, 6.07) is 9.33. The summed E-state index contributed by atoms with van der Waals surface area (Å²) in [4.78, 5) is 27.5. The minimum absolute atomic E-state index is 0.151. The summed E-state index contributed by atoms with van der Waals surface area (Å²) in [7, 11) is 3.31. The van der Waals surface area contributed by atoms with Crippen LogP contribution in [0.15, 0.2) is 41.4 Å². The van der Waals surface area contributed by atoms with E-state index in [1.165, 1.54) is 29.5 Å². The average molecular weight is 378 g/mol. The van der Waals surface area contributed by atoms with Gasteiger partial charge in [0.15, 0.2) is 4.80 Å². The number of carbonyl (C=O) groups excluding carboxylic acids is 1. The zero-order chi connectivity index (χ0) is 18.1. The first-order valence-corrected chi connectivity index (χ1v) is 8.27. The summed E-state index contributed by atoms with van der Waals surface area (Å²) in [5.74, 6) is -0.0748. The van der Waals surface area contributed by atoms with Crippen LogP contribution >= 0.6 is 22.9 Å². The number of para-hydroxylation sites is 1. The fourth-order valence-electron chi connectivity index (χ4n) is 2.43. The zero-order valence-electron chi connectivity index (χ0n) is 13.2. The summed E-state index contributed by atoms with van der Waals surface area (Å²) in [6.45, 7) is 0. The Morgan fingerprint density at radius 2 is 2.12 bits per heavy atom. The van der Waals surface area contributed by atoms with Gasteiger partial charge in [-0.05, 0) is 24.3 Å². The molecule has 1 aromatic heterocycles. The number of aromatic nitrogens is 1. The lowest BCUT2D eigenvalue weighted by molar-refractivity contribution is -0.385. The molecule has 0 atom stereocenters. The van der Waals surface area contributed by atoms with Crippen LogP contribution in [-0.2, 0) is 7.05 Å². The Balaban J connectivity index is 2.18. The molecule has 0 saturated heterocycles. The number of rotatable bonds is 3. The molecular formula is C16H12ClN3O4S. The van der Waals surface area contributed by atoms with Crippen molar-refractivity contribution < 1.29 is 14.5 Å². The molecule has 2 aromatic carbocycles. The second kappa shape index (κ2) is 6.66. The Bertz CT molecular complexity index is 1070. The van der Waals surface area contributed by atoms with Gasteiger partial charge < -0.3 is 9.30 Å². The molecule has 0 unspecified atom stereocenters. The minimum Gasteiger partial charge on any atom is -0.495 e. The Morgan fingerprint density at radius 1 is 1.36 bits per heavy atom. The lowest BCUT2D eigenvalue weighted by Gasteiger charge is -2.03. The molecule has 25 heavy (non-hydrogen) atoms. The van der Waals surface area contributed by atoms with E-state index in [1.807, 2.05) is 18.2 Å². The molecule has 0 spiro atoms. The van der Waals surface area contributed by atoms with Gasteiger partial charge in [-0.2, -0.15) is 4.99 Å². The van der Waals surface area contributed by atoms with Gasteiger partial charge in [0.1, 0.15) is 16.8 Å². The van der Waals surface area contributed by atoms with Crippen molar-refractivity contribution in [2.45, 2.75) is 0 Å². The maximum atomic E-state index is 12.5. The molecule has 9 heteroatoms. The number of fused-ring (bicyclic) bond motifs is 1. The molecule has 0 aliphatic heterocycles. The van der Waals surface area contributed by atoms with E-state index in [0.717, 1.165) is 10.2 Å². The van der Waals surface area contributed by atoms with Crippen molar-refractivity contribution in [3.05, 3.63) is 61.9 Å². The number of carbonyl (C=O) groups is 1. The quantitative estimate of drug-likeness (QED) is 0.516. The molecule has 1 heterocycles. The monoisotopic (exact) mass is 377 g/mol. The normalized spacial score (nSPS) is 11.7. The van der Waals surface area contributed by atoms with Gasteiger partial charge in [-0.25, -0.2) is 0 Å².